The van der Waals surface area contributed by atoms with Gasteiger partial charge in [-0.05, 0) is 43.8 Å². The average molecular weight is 218 g/mol. The topological polar surface area (TPSA) is 24.5 Å². The fraction of sp³-hybridized carbons (Fsp3) is 0.538. The van der Waals surface area contributed by atoms with Gasteiger partial charge in [0.2, 0.25) is 0 Å². The lowest BCUT2D eigenvalue weighted by atomic mass is 9.89. The molecule has 1 aromatic carbocycles. The number of fused-ring (bicyclic) bond motifs is 3. The monoisotopic (exact) mass is 218 g/mol. The maximum absolute atomic E-state index is 5.30. The van der Waals surface area contributed by atoms with Crippen molar-refractivity contribution in [1.29, 1.82) is 0 Å². The van der Waals surface area contributed by atoms with E-state index in [4.69, 9.17) is 4.74 Å². The highest BCUT2D eigenvalue weighted by molar-refractivity contribution is 5.62. The molecule has 3 nitrogen and oxygen atoms in total. The second-order valence-electron chi connectivity index (χ2n) is 4.86. The molecule has 1 N–H and O–H groups in total. The SMILES string of the molecule is COc1ccc2c(c1)[C@H]1CN(C)CC[C@H]1N2. The quantitative estimate of drug-likeness (QED) is 0.779. The van der Waals surface area contributed by atoms with Crippen LogP contribution in [0.15, 0.2) is 18.2 Å². The van der Waals surface area contributed by atoms with Crippen molar-refractivity contribution in [3.63, 3.8) is 0 Å². The van der Waals surface area contributed by atoms with Crippen molar-refractivity contribution >= 4 is 5.69 Å². The number of ether oxygens (including phenoxy) is 1. The van der Waals surface area contributed by atoms with Gasteiger partial charge in [0.15, 0.2) is 0 Å². The van der Waals surface area contributed by atoms with Crippen LogP contribution in [0.5, 0.6) is 5.75 Å². The Morgan fingerprint density at radius 3 is 3.12 bits per heavy atom. The van der Waals surface area contributed by atoms with Crippen LogP contribution in [0.4, 0.5) is 5.69 Å². The summed E-state index contributed by atoms with van der Waals surface area (Å²) in [6.07, 6.45) is 1.23. The summed E-state index contributed by atoms with van der Waals surface area (Å²) in [7, 11) is 3.93. The molecule has 0 aromatic heterocycles. The highest BCUT2D eigenvalue weighted by Crippen LogP contribution is 2.41. The lowest BCUT2D eigenvalue weighted by Gasteiger charge is -2.32. The molecule has 2 atom stereocenters. The Hall–Kier alpha value is -1.22. The smallest absolute Gasteiger partial charge is 0.119 e. The van der Waals surface area contributed by atoms with Gasteiger partial charge in [-0.1, -0.05) is 0 Å². The van der Waals surface area contributed by atoms with E-state index in [1.807, 2.05) is 6.07 Å². The van der Waals surface area contributed by atoms with Crippen LogP contribution in [0.3, 0.4) is 0 Å². The van der Waals surface area contributed by atoms with Gasteiger partial charge in [0.1, 0.15) is 5.75 Å². The minimum Gasteiger partial charge on any atom is -0.497 e. The number of piperidine rings is 1. The van der Waals surface area contributed by atoms with Crippen LogP contribution >= 0.6 is 0 Å². The molecule has 1 aromatic rings. The predicted molar refractivity (Wildman–Crippen MR) is 65.3 cm³/mol. The third kappa shape index (κ3) is 1.47. The fourth-order valence-electron chi connectivity index (χ4n) is 2.91. The molecule has 3 rings (SSSR count). The van der Waals surface area contributed by atoms with Crippen LogP contribution in [0.25, 0.3) is 0 Å². The zero-order chi connectivity index (χ0) is 11.1. The molecular weight excluding hydrogens is 200 g/mol. The molecule has 0 unspecified atom stereocenters. The van der Waals surface area contributed by atoms with Crippen molar-refractivity contribution in [1.82, 2.24) is 4.90 Å². The number of hydrogen-bond acceptors (Lipinski definition) is 3. The Balaban J connectivity index is 1.95. The minimum atomic E-state index is 0.623. The summed E-state index contributed by atoms with van der Waals surface area (Å²) in [5.74, 6) is 1.60. The molecule has 0 saturated carbocycles. The van der Waals surface area contributed by atoms with E-state index >= 15 is 0 Å². The number of hydrogen-bond donors (Lipinski definition) is 1. The summed E-state index contributed by atoms with van der Waals surface area (Å²) in [5, 5.41) is 3.63. The number of anilines is 1. The normalized spacial score (nSPS) is 28.1. The molecule has 2 aliphatic heterocycles. The molecule has 0 aliphatic carbocycles. The average Bonchev–Trinajstić information content (AvgIpc) is 2.66. The molecule has 86 valence electrons. The summed E-state index contributed by atoms with van der Waals surface area (Å²) >= 11 is 0. The van der Waals surface area contributed by atoms with E-state index in [0.29, 0.717) is 12.0 Å². The number of methoxy groups -OCH3 is 1. The van der Waals surface area contributed by atoms with E-state index in [2.05, 4.69) is 29.4 Å². The zero-order valence-corrected chi connectivity index (χ0v) is 9.86. The summed E-state index contributed by atoms with van der Waals surface area (Å²) in [6, 6.07) is 6.99. The third-order valence-electron chi connectivity index (χ3n) is 3.81. The summed E-state index contributed by atoms with van der Waals surface area (Å²) in [5.41, 5.74) is 2.72. The number of nitrogens with zero attached hydrogens (tertiary/aromatic N) is 1. The number of benzene rings is 1. The lowest BCUT2D eigenvalue weighted by Crippen LogP contribution is -2.39. The Bertz CT molecular complexity index is 405. The molecule has 0 amide bonds. The largest absolute Gasteiger partial charge is 0.497 e. The van der Waals surface area contributed by atoms with E-state index in [-0.39, 0.29) is 0 Å². The van der Waals surface area contributed by atoms with Gasteiger partial charge < -0.3 is 15.0 Å². The van der Waals surface area contributed by atoms with Crippen LogP contribution in [0.2, 0.25) is 0 Å². The number of likely N-dealkylation sites (N-methyl/N-ethyl adjacent to an activating group) is 1. The first-order valence-electron chi connectivity index (χ1n) is 5.91. The third-order valence-corrected chi connectivity index (χ3v) is 3.81. The number of likely N-dealkylation sites (tertiary alicyclic amines) is 1. The Labute approximate surface area is 96.4 Å². The molecular formula is C13H18N2O. The number of nitrogens with one attached hydrogen (secondary N) is 1. The minimum absolute atomic E-state index is 0.623. The van der Waals surface area contributed by atoms with Crippen molar-refractivity contribution < 1.29 is 4.74 Å². The van der Waals surface area contributed by atoms with Crippen molar-refractivity contribution in [3.8, 4) is 5.75 Å². The van der Waals surface area contributed by atoms with E-state index in [0.717, 1.165) is 12.3 Å². The van der Waals surface area contributed by atoms with Crippen LogP contribution in [-0.4, -0.2) is 38.2 Å². The number of rotatable bonds is 1. The van der Waals surface area contributed by atoms with Crippen molar-refractivity contribution in [2.24, 2.45) is 0 Å². The van der Waals surface area contributed by atoms with Crippen LogP contribution in [-0.2, 0) is 0 Å². The maximum Gasteiger partial charge on any atom is 0.119 e. The van der Waals surface area contributed by atoms with Crippen molar-refractivity contribution in [2.75, 3.05) is 32.6 Å². The van der Waals surface area contributed by atoms with Gasteiger partial charge in [0.05, 0.1) is 7.11 Å². The molecule has 2 heterocycles. The van der Waals surface area contributed by atoms with Crippen LogP contribution in [0.1, 0.15) is 17.9 Å². The molecule has 2 aliphatic rings. The van der Waals surface area contributed by atoms with Crippen molar-refractivity contribution in [3.05, 3.63) is 23.8 Å². The van der Waals surface area contributed by atoms with E-state index < -0.39 is 0 Å². The zero-order valence-electron chi connectivity index (χ0n) is 9.86. The Morgan fingerprint density at radius 2 is 2.31 bits per heavy atom. The first-order valence-corrected chi connectivity index (χ1v) is 5.91. The van der Waals surface area contributed by atoms with E-state index in [1.165, 1.54) is 24.2 Å². The Kier molecular flexibility index (Phi) is 2.28. The summed E-state index contributed by atoms with van der Waals surface area (Å²) < 4.78 is 5.30. The van der Waals surface area contributed by atoms with Gasteiger partial charge in [0.25, 0.3) is 0 Å². The second kappa shape index (κ2) is 3.67. The first-order chi connectivity index (χ1) is 7.78. The summed E-state index contributed by atoms with van der Waals surface area (Å²) in [4.78, 5) is 2.41. The summed E-state index contributed by atoms with van der Waals surface area (Å²) in [6.45, 7) is 2.34. The van der Waals surface area contributed by atoms with Gasteiger partial charge in [-0.3, -0.25) is 0 Å². The van der Waals surface area contributed by atoms with Gasteiger partial charge in [-0.2, -0.15) is 0 Å². The first kappa shape index (κ1) is 9.97. The highest BCUT2D eigenvalue weighted by Gasteiger charge is 2.35. The van der Waals surface area contributed by atoms with Crippen LogP contribution < -0.4 is 10.1 Å². The fourth-order valence-corrected chi connectivity index (χ4v) is 2.91. The molecule has 0 spiro atoms. The van der Waals surface area contributed by atoms with E-state index in [9.17, 15) is 0 Å². The highest BCUT2D eigenvalue weighted by atomic mass is 16.5. The second-order valence-corrected chi connectivity index (χ2v) is 4.86. The predicted octanol–water partition coefficient (Wildman–Crippen LogP) is 1.91. The molecule has 1 fully saturated rings. The molecule has 0 radical (unpaired) electrons. The molecule has 3 heteroatoms. The molecule has 1 saturated heterocycles. The van der Waals surface area contributed by atoms with Crippen LogP contribution in [0, 0.1) is 0 Å². The van der Waals surface area contributed by atoms with Gasteiger partial charge in [0, 0.05) is 24.2 Å². The molecule has 0 bridgehead atoms. The van der Waals surface area contributed by atoms with E-state index in [1.54, 1.807) is 7.11 Å². The maximum atomic E-state index is 5.30. The van der Waals surface area contributed by atoms with Gasteiger partial charge in [-0.15, -0.1) is 0 Å². The molecule has 16 heavy (non-hydrogen) atoms. The van der Waals surface area contributed by atoms with Gasteiger partial charge in [-0.25, -0.2) is 0 Å². The Morgan fingerprint density at radius 1 is 1.44 bits per heavy atom. The standard InChI is InChI=1S/C13H18N2O/c1-15-6-5-13-11(8-15)10-7-9(16-2)3-4-12(10)14-13/h3-4,7,11,13-14H,5-6,8H2,1-2H3/t11-,13-/m1/s1. The van der Waals surface area contributed by atoms with Gasteiger partial charge >= 0.3 is 0 Å². The lowest BCUT2D eigenvalue weighted by molar-refractivity contribution is 0.243. The van der Waals surface area contributed by atoms with Crippen molar-refractivity contribution in [2.45, 2.75) is 18.4 Å².